The number of rotatable bonds is 4. The Kier molecular flexibility index (Phi) is 5.01. The van der Waals surface area contributed by atoms with Crippen LogP contribution in [0.1, 0.15) is 16.1 Å². The molecule has 2 aromatic carbocycles. The number of benzene rings is 2. The minimum absolute atomic E-state index is 0.0530. The first-order valence-electron chi connectivity index (χ1n) is 7.63. The fourth-order valence-corrected chi connectivity index (χ4v) is 2.65. The molecule has 0 saturated heterocycles. The van der Waals surface area contributed by atoms with E-state index in [-0.39, 0.29) is 22.2 Å². The van der Waals surface area contributed by atoms with E-state index in [0.717, 1.165) is 0 Å². The van der Waals surface area contributed by atoms with Crippen LogP contribution in [0.3, 0.4) is 0 Å². The van der Waals surface area contributed by atoms with Gasteiger partial charge in [0.15, 0.2) is 12.4 Å². The van der Waals surface area contributed by atoms with Gasteiger partial charge in [-0.25, -0.2) is 4.39 Å². The molecule has 3 aromatic rings. The molecule has 0 spiro atoms. The van der Waals surface area contributed by atoms with Gasteiger partial charge >= 0.3 is 6.18 Å². The van der Waals surface area contributed by atoms with Gasteiger partial charge in [0.25, 0.3) is 5.91 Å². The molecule has 9 heteroatoms. The molecule has 1 amide bonds. The predicted molar refractivity (Wildman–Crippen MR) is 91.9 cm³/mol. The summed E-state index contributed by atoms with van der Waals surface area (Å²) in [5, 5.41) is 3.02. The maximum Gasteiger partial charge on any atom is 0.422 e. The number of hydrogen-bond acceptors (Lipinski definition) is 3. The van der Waals surface area contributed by atoms with Gasteiger partial charge in [-0.15, -0.1) is 0 Å². The number of fused-ring (bicyclic) bond motifs is 1. The smallest absolute Gasteiger partial charge is 0.422 e. The van der Waals surface area contributed by atoms with Crippen molar-refractivity contribution in [3.05, 3.63) is 58.6 Å². The third-order valence-electron chi connectivity index (χ3n) is 3.69. The first-order chi connectivity index (χ1) is 12.6. The Bertz CT molecular complexity index is 1010. The van der Waals surface area contributed by atoms with Gasteiger partial charge in [-0.3, -0.25) is 4.79 Å². The summed E-state index contributed by atoms with van der Waals surface area (Å²) in [6.45, 7) is 0.0413. The molecule has 0 aliphatic heterocycles. The Labute approximate surface area is 155 Å². The first-order valence-corrected chi connectivity index (χ1v) is 8.01. The van der Waals surface area contributed by atoms with Gasteiger partial charge in [-0.05, 0) is 43.3 Å². The second-order valence-electron chi connectivity index (χ2n) is 5.70. The number of carbonyl (C=O) groups is 1. The van der Waals surface area contributed by atoms with Gasteiger partial charge in [0.2, 0.25) is 0 Å². The highest BCUT2D eigenvalue weighted by Crippen LogP contribution is 2.32. The maximum absolute atomic E-state index is 13.4. The van der Waals surface area contributed by atoms with E-state index in [2.05, 4.69) is 5.32 Å². The zero-order valence-corrected chi connectivity index (χ0v) is 14.5. The van der Waals surface area contributed by atoms with Crippen LogP contribution in [0, 0.1) is 12.7 Å². The molecule has 0 aliphatic carbocycles. The van der Waals surface area contributed by atoms with Crippen LogP contribution < -0.4 is 10.1 Å². The van der Waals surface area contributed by atoms with Crippen molar-refractivity contribution in [1.82, 2.24) is 0 Å². The van der Waals surface area contributed by atoms with E-state index in [1.165, 1.54) is 36.4 Å². The second-order valence-corrected chi connectivity index (χ2v) is 6.13. The molecule has 0 atom stereocenters. The van der Waals surface area contributed by atoms with Crippen molar-refractivity contribution in [3.8, 4) is 5.75 Å². The molecule has 142 valence electrons. The highest BCUT2D eigenvalue weighted by molar-refractivity contribution is 6.31. The summed E-state index contributed by atoms with van der Waals surface area (Å²) in [4.78, 5) is 12.5. The van der Waals surface area contributed by atoms with Crippen molar-refractivity contribution < 1.29 is 31.5 Å². The third-order valence-corrected chi connectivity index (χ3v) is 3.92. The molecule has 0 saturated carbocycles. The fraction of sp³-hybridized carbons (Fsp3) is 0.167. The number of aryl methyl sites for hydroxylation is 1. The van der Waals surface area contributed by atoms with Crippen molar-refractivity contribution in [2.75, 3.05) is 11.9 Å². The molecule has 4 nitrogen and oxygen atoms in total. The Morgan fingerprint density at radius 1 is 1.22 bits per heavy atom. The highest BCUT2D eigenvalue weighted by atomic mass is 35.5. The van der Waals surface area contributed by atoms with Crippen LogP contribution in [0.15, 0.2) is 40.8 Å². The summed E-state index contributed by atoms with van der Waals surface area (Å²) in [5.41, 5.74) is 0.642. The lowest BCUT2D eigenvalue weighted by molar-refractivity contribution is -0.153. The van der Waals surface area contributed by atoms with E-state index >= 15 is 0 Å². The maximum atomic E-state index is 13.4. The van der Waals surface area contributed by atoms with Crippen molar-refractivity contribution in [2.45, 2.75) is 13.1 Å². The Morgan fingerprint density at radius 2 is 1.96 bits per heavy atom. The molecule has 1 aromatic heterocycles. The summed E-state index contributed by atoms with van der Waals surface area (Å²) < 4.78 is 60.7. The summed E-state index contributed by atoms with van der Waals surface area (Å²) >= 11 is 5.86. The molecule has 27 heavy (non-hydrogen) atoms. The van der Waals surface area contributed by atoms with E-state index in [1.54, 1.807) is 6.92 Å². The van der Waals surface area contributed by atoms with Gasteiger partial charge in [-0.1, -0.05) is 11.6 Å². The van der Waals surface area contributed by atoms with E-state index in [0.29, 0.717) is 16.5 Å². The molecular formula is C18H12ClF4NO3. The van der Waals surface area contributed by atoms with Crippen molar-refractivity contribution >= 4 is 34.2 Å². The van der Waals surface area contributed by atoms with Crippen molar-refractivity contribution in [3.63, 3.8) is 0 Å². The van der Waals surface area contributed by atoms with Crippen molar-refractivity contribution in [2.24, 2.45) is 0 Å². The quantitative estimate of drug-likeness (QED) is 0.568. The second kappa shape index (κ2) is 7.11. The van der Waals surface area contributed by atoms with Crippen LogP contribution >= 0.6 is 11.6 Å². The molecule has 0 fully saturated rings. The minimum atomic E-state index is -4.54. The largest absolute Gasteiger partial charge is 0.482 e. The lowest BCUT2D eigenvalue weighted by Crippen LogP contribution is -2.20. The summed E-state index contributed by atoms with van der Waals surface area (Å²) in [5.74, 6) is -1.53. The van der Waals surface area contributed by atoms with E-state index in [1.807, 2.05) is 0 Å². The SMILES string of the molecule is Cc1c(C(=O)Nc2cc(Cl)ccc2OCC(F)(F)F)oc2ccc(F)cc12. The van der Waals surface area contributed by atoms with Crippen LogP contribution in [0.5, 0.6) is 5.75 Å². The normalized spacial score (nSPS) is 11.6. The average Bonchev–Trinajstić information content (AvgIpc) is 2.90. The number of anilines is 1. The van der Waals surface area contributed by atoms with E-state index in [4.69, 9.17) is 20.8 Å². The average molecular weight is 402 g/mol. The zero-order valence-electron chi connectivity index (χ0n) is 13.8. The molecule has 0 radical (unpaired) electrons. The number of carbonyl (C=O) groups excluding carboxylic acids is 1. The Balaban J connectivity index is 1.90. The fourth-order valence-electron chi connectivity index (χ4n) is 2.47. The first kappa shape index (κ1) is 19.0. The third kappa shape index (κ3) is 4.33. The predicted octanol–water partition coefficient (Wildman–Crippen LogP) is 5.73. The molecule has 0 bridgehead atoms. The van der Waals surface area contributed by atoms with Gasteiger partial charge < -0.3 is 14.5 Å². The zero-order chi connectivity index (χ0) is 19.8. The molecule has 1 N–H and O–H groups in total. The molecule has 0 unspecified atom stereocenters. The number of ether oxygens (including phenoxy) is 1. The number of furan rings is 1. The number of alkyl halides is 3. The highest BCUT2D eigenvalue weighted by Gasteiger charge is 2.29. The lowest BCUT2D eigenvalue weighted by atomic mass is 10.1. The number of hydrogen-bond donors (Lipinski definition) is 1. The minimum Gasteiger partial charge on any atom is -0.482 e. The Hall–Kier alpha value is -2.74. The van der Waals surface area contributed by atoms with Crippen LogP contribution in [-0.4, -0.2) is 18.7 Å². The van der Waals surface area contributed by atoms with Crippen LogP contribution in [0.4, 0.5) is 23.2 Å². The Morgan fingerprint density at radius 3 is 2.67 bits per heavy atom. The standard InChI is InChI=1S/C18H12ClF4NO3/c1-9-12-7-11(20)3-5-14(12)27-16(9)17(25)24-13-6-10(19)2-4-15(13)26-8-18(21,22)23/h2-7H,8H2,1H3,(H,24,25). The van der Waals surface area contributed by atoms with Crippen LogP contribution in [0.25, 0.3) is 11.0 Å². The molecular weight excluding hydrogens is 390 g/mol. The van der Waals surface area contributed by atoms with E-state index in [9.17, 15) is 22.4 Å². The van der Waals surface area contributed by atoms with Crippen LogP contribution in [-0.2, 0) is 0 Å². The number of nitrogens with one attached hydrogen (secondary N) is 1. The topological polar surface area (TPSA) is 51.5 Å². The monoisotopic (exact) mass is 401 g/mol. The van der Waals surface area contributed by atoms with Gasteiger partial charge in [0, 0.05) is 16.0 Å². The summed E-state index contributed by atoms with van der Waals surface area (Å²) in [6, 6.07) is 7.59. The summed E-state index contributed by atoms with van der Waals surface area (Å²) in [7, 11) is 0. The van der Waals surface area contributed by atoms with Gasteiger partial charge in [0.05, 0.1) is 5.69 Å². The molecule has 3 rings (SSSR count). The number of halogens is 5. The summed E-state index contributed by atoms with van der Waals surface area (Å²) in [6.07, 6.45) is -4.54. The van der Waals surface area contributed by atoms with Gasteiger partial charge in [-0.2, -0.15) is 13.2 Å². The lowest BCUT2D eigenvalue weighted by Gasteiger charge is -2.14. The molecule has 0 aliphatic rings. The van der Waals surface area contributed by atoms with Gasteiger partial charge in [0.1, 0.15) is 17.1 Å². The van der Waals surface area contributed by atoms with E-state index < -0.39 is 24.5 Å². The van der Waals surface area contributed by atoms with Crippen molar-refractivity contribution in [1.29, 1.82) is 0 Å². The molecule has 1 heterocycles. The van der Waals surface area contributed by atoms with Crippen LogP contribution in [0.2, 0.25) is 5.02 Å². The number of amides is 1.